The van der Waals surface area contributed by atoms with Crippen LogP contribution < -0.4 is 10.6 Å². The minimum atomic E-state index is -0.533. The number of nitrogens with one attached hydrogen (secondary N) is 2. The first-order valence-electron chi connectivity index (χ1n) is 5.75. The van der Waals surface area contributed by atoms with Gasteiger partial charge in [-0.1, -0.05) is 0 Å². The second kappa shape index (κ2) is 5.31. The molecule has 0 aliphatic heterocycles. The molecule has 7 heteroatoms. The van der Waals surface area contributed by atoms with Crippen LogP contribution in [0.5, 0.6) is 0 Å². The Bertz CT molecular complexity index is 550. The van der Waals surface area contributed by atoms with E-state index in [9.17, 15) is 4.79 Å². The molecule has 19 heavy (non-hydrogen) atoms. The zero-order valence-electron chi connectivity index (χ0n) is 11.0. The van der Waals surface area contributed by atoms with Gasteiger partial charge < -0.3 is 10.6 Å². The van der Waals surface area contributed by atoms with Crippen LogP contribution in [0, 0.1) is 0 Å². The van der Waals surface area contributed by atoms with Crippen molar-refractivity contribution < 1.29 is 4.79 Å². The van der Waals surface area contributed by atoms with Gasteiger partial charge in [-0.05, 0) is 13.8 Å². The summed E-state index contributed by atoms with van der Waals surface area (Å²) in [5.74, 6) is 0.353. The highest BCUT2D eigenvalue weighted by Gasteiger charge is 2.26. The van der Waals surface area contributed by atoms with Crippen LogP contribution in [0.3, 0.4) is 0 Å². The Labute approximate surface area is 115 Å². The van der Waals surface area contributed by atoms with Crippen molar-refractivity contribution in [3.05, 3.63) is 34.7 Å². The van der Waals surface area contributed by atoms with Crippen LogP contribution in [-0.4, -0.2) is 27.9 Å². The van der Waals surface area contributed by atoms with E-state index in [0.29, 0.717) is 5.82 Å². The minimum Gasteiger partial charge on any atom is -0.372 e. The average molecular weight is 277 g/mol. The fourth-order valence-electron chi connectivity index (χ4n) is 1.51. The Kier molecular flexibility index (Phi) is 3.75. The predicted octanol–water partition coefficient (Wildman–Crippen LogP) is 1.64. The molecule has 0 spiro atoms. The number of carbonyl (C=O) groups is 1. The molecule has 0 bridgehead atoms. The van der Waals surface area contributed by atoms with Crippen molar-refractivity contribution in [1.82, 2.24) is 20.3 Å². The highest BCUT2D eigenvalue weighted by Crippen LogP contribution is 2.22. The van der Waals surface area contributed by atoms with E-state index >= 15 is 0 Å². The van der Waals surface area contributed by atoms with Crippen LogP contribution in [-0.2, 0) is 5.54 Å². The molecule has 2 aromatic heterocycles. The zero-order valence-corrected chi connectivity index (χ0v) is 11.8. The van der Waals surface area contributed by atoms with E-state index in [1.807, 2.05) is 19.2 Å². The zero-order chi connectivity index (χ0) is 13.9. The monoisotopic (exact) mass is 277 g/mol. The summed E-state index contributed by atoms with van der Waals surface area (Å²) in [6.07, 6.45) is 4.68. The maximum Gasteiger partial charge on any atom is 0.272 e. The van der Waals surface area contributed by atoms with E-state index in [1.165, 1.54) is 23.7 Å². The van der Waals surface area contributed by atoms with Crippen LogP contribution in [0.15, 0.2) is 24.0 Å². The first-order valence-corrected chi connectivity index (χ1v) is 6.63. The lowest BCUT2D eigenvalue weighted by Gasteiger charge is -2.23. The Balaban J connectivity index is 2.12. The highest BCUT2D eigenvalue weighted by atomic mass is 32.1. The van der Waals surface area contributed by atoms with Crippen molar-refractivity contribution in [3.8, 4) is 0 Å². The van der Waals surface area contributed by atoms with Gasteiger partial charge in [-0.15, -0.1) is 11.3 Å². The molecule has 0 radical (unpaired) electrons. The standard InChI is InChI=1S/C12H15N5OS/c1-12(2,11-14-4-5-19-11)17-10(18)8-6-16-9(13-3)7-15-8/h4-7H,1-3H3,(H,13,16)(H,17,18). The van der Waals surface area contributed by atoms with E-state index in [-0.39, 0.29) is 11.6 Å². The second-order valence-corrected chi connectivity index (χ2v) is 5.35. The third kappa shape index (κ3) is 3.05. The molecule has 0 saturated carbocycles. The van der Waals surface area contributed by atoms with Crippen LogP contribution in [0.4, 0.5) is 5.82 Å². The second-order valence-electron chi connectivity index (χ2n) is 4.45. The van der Waals surface area contributed by atoms with E-state index in [1.54, 1.807) is 13.2 Å². The Morgan fingerprint density at radius 3 is 2.58 bits per heavy atom. The van der Waals surface area contributed by atoms with E-state index in [0.717, 1.165) is 5.01 Å². The molecule has 1 amide bonds. The largest absolute Gasteiger partial charge is 0.372 e. The molecule has 0 fully saturated rings. The topological polar surface area (TPSA) is 79.8 Å². The fourth-order valence-corrected chi connectivity index (χ4v) is 2.23. The molecule has 0 saturated heterocycles. The van der Waals surface area contributed by atoms with Crippen molar-refractivity contribution in [3.63, 3.8) is 0 Å². The summed E-state index contributed by atoms with van der Waals surface area (Å²) in [7, 11) is 1.75. The summed E-state index contributed by atoms with van der Waals surface area (Å²) in [5.41, 5.74) is -0.252. The molecule has 2 N–H and O–H groups in total. The Morgan fingerprint density at radius 1 is 1.26 bits per heavy atom. The summed E-state index contributed by atoms with van der Waals surface area (Å²) in [6.45, 7) is 3.80. The van der Waals surface area contributed by atoms with Crippen LogP contribution in [0.1, 0.15) is 29.3 Å². The van der Waals surface area contributed by atoms with Crippen LogP contribution in [0.25, 0.3) is 0 Å². The molecule has 100 valence electrons. The number of nitrogens with zero attached hydrogens (tertiary/aromatic N) is 3. The van der Waals surface area contributed by atoms with Crippen LogP contribution >= 0.6 is 11.3 Å². The first-order chi connectivity index (χ1) is 9.03. The van der Waals surface area contributed by atoms with Gasteiger partial charge in [0, 0.05) is 18.6 Å². The third-order valence-electron chi connectivity index (χ3n) is 2.53. The summed E-state index contributed by atoms with van der Waals surface area (Å²) in [4.78, 5) is 24.4. The Morgan fingerprint density at radius 2 is 2.05 bits per heavy atom. The number of amides is 1. The molecule has 0 aliphatic rings. The quantitative estimate of drug-likeness (QED) is 0.888. The summed E-state index contributed by atoms with van der Waals surface area (Å²) in [5, 5.41) is 8.48. The Hall–Kier alpha value is -2.02. The van der Waals surface area contributed by atoms with Gasteiger partial charge in [0.2, 0.25) is 0 Å². The first kappa shape index (κ1) is 13.4. The predicted molar refractivity (Wildman–Crippen MR) is 74.2 cm³/mol. The summed E-state index contributed by atoms with van der Waals surface area (Å²) < 4.78 is 0. The van der Waals surface area contributed by atoms with Crippen molar-refractivity contribution in [2.24, 2.45) is 0 Å². The number of hydrogen-bond acceptors (Lipinski definition) is 6. The highest BCUT2D eigenvalue weighted by molar-refractivity contribution is 7.09. The van der Waals surface area contributed by atoms with Crippen molar-refractivity contribution in [1.29, 1.82) is 0 Å². The third-order valence-corrected chi connectivity index (χ3v) is 3.63. The number of rotatable bonds is 4. The number of thiazole rings is 1. The molecule has 0 unspecified atom stereocenters. The van der Waals surface area contributed by atoms with Gasteiger partial charge in [0.05, 0.1) is 17.9 Å². The molecule has 2 rings (SSSR count). The average Bonchev–Trinajstić information content (AvgIpc) is 2.93. The van der Waals surface area contributed by atoms with Gasteiger partial charge in [0.15, 0.2) is 0 Å². The minimum absolute atomic E-state index is 0.268. The van der Waals surface area contributed by atoms with E-state index in [4.69, 9.17) is 0 Å². The van der Waals surface area contributed by atoms with Crippen molar-refractivity contribution >= 4 is 23.1 Å². The normalized spacial score (nSPS) is 11.1. The van der Waals surface area contributed by atoms with Crippen molar-refractivity contribution in [2.45, 2.75) is 19.4 Å². The molecule has 6 nitrogen and oxygen atoms in total. The molecular formula is C12H15N5OS. The maximum atomic E-state index is 12.1. The number of anilines is 1. The van der Waals surface area contributed by atoms with Crippen molar-refractivity contribution in [2.75, 3.05) is 12.4 Å². The number of carbonyl (C=O) groups excluding carboxylic acids is 1. The summed E-state index contributed by atoms with van der Waals surface area (Å²) >= 11 is 1.50. The van der Waals surface area contributed by atoms with Gasteiger partial charge in [0.1, 0.15) is 16.5 Å². The van der Waals surface area contributed by atoms with Gasteiger partial charge >= 0.3 is 0 Å². The molecule has 2 heterocycles. The van der Waals surface area contributed by atoms with Crippen LogP contribution in [0.2, 0.25) is 0 Å². The molecule has 0 aromatic carbocycles. The molecule has 0 atom stereocenters. The van der Waals surface area contributed by atoms with Gasteiger partial charge in [-0.2, -0.15) is 0 Å². The van der Waals surface area contributed by atoms with Gasteiger partial charge in [-0.25, -0.2) is 15.0 Å². The number of hydrogen-bond donors (Lipinski definition) is 2. The lowest BCUT2D eigenvalue weighted by Crippen LogP contribution is -2.41. The molecule has 0 aliphatic carbocycles. The fraction of sp³-hybridized carbons (Fsp3) is 0.333. The lowest BCUT2D eigenvalue weighted by atomic mass is 10.1. The smallest absolute Gasteiger partial charge is 0.272 e. The lowest BCUT2D eigenvalue weighted by molar-refractivity contribution is 0.0906. The van der Waals surface area contributed by atoms with Gasteiger partial charge in [-0.3, -0.25) is 4.79 Å². The van der Waals surface area contributed by atoms with E-state index in [2.05, 4.69) is 25.6 Å². The SMILES string of the molecule is CNc1cnc(C(=O)NC(C)(C)c2nccs2)cn1. The maximum absolute atomic E-state index is 12.1. The van der Waals surface area contributed by atoms with E-state index < -0.39 is 5.54 Å². The van der Waals surface area contributed by atoms with Gasteiger partial charge in [0.25, 0.3) is 5.91 Å². The molecular weight excluding hydrogens is 262 g/mol. The number of aromatic nitrogens is 3. The summed E-state index contributed by atoms with van der Waals surface area (Å²) in [6, 6.07) is 0. The molecule has 2 aromatic rings.